The number of para-hydroxylation sites is 1. The van der Waals surface area contributed by atoms with Crippen LogP contribution in [-0.4, -0.2) is 15.5 Å². The highest BCUT2D eigenvalue weighted by molar-refractivity contribution is 5.95. The lowest BCUT2D eigenvalue weighted by Gasteiger charge is -2.19. The fourth-order valence-corrected chi connectivity index (χ4v) is 2.63. The largest absolute Gasteiger partial charge is 0.436 e. The molecular weight excluding hydrogens is 302 g/mol. The predicted molar refractivity (Wildman–Crippen MR) is 94.4 cm³/mol. The van der Waals surface area contributed by atoms with Gasteiger partial charge in [0.15, 0.2) is 5.75 Å². The molecular formula is C19H21N3O2. The smallest absolute Gasteiger partial charge is 0.254 e. The molecule has 0 bridgehead atoms. The van der Waals surface area contributed by atoms with Gasteiger partial charge >= 0.3 is 0 Å². The molecule has 124 valence electrons. The zero-order chi connectivity index (χ0) is 17.5. The summed E-state index contributed by atoms with van der Waals surface area (Å²) in [7, 11) is 1.95. The first-order chi connectivity index (χ1) is 11.3. The Morgan fingerprint density at radius 2 is 1.92 bits per heavy atom. The molecule has 0 radical (unpaired) electrons. The summed E-state index contributed by atoms with van der Waals surface area (Å²) in [6, 6.07) is 11.3. The van der Waals surface area contributed by atoms with Gasteiger partial charge in [0.1, 0.15) is 5.56 Å². The molecule has 0 atom stereocenters. The Morgan fingerprint density at radius 1 is 1.17 bits per heavy atom. The number of hydrogen-bond donors (Lipinski definition) is 1. The van der Waals surface area contributed by atoms with Gasteiger partial charge in [0.05, 0.1) is 5.52 Å². The number of ether oxygens (including phenoxy) is 1. The first-order valence-corrected chi connectivity index (χ1v) is 7.80. The lowest BCUT2D eigenvalue weighted by molar-refractivity contribution is 0.0997. The van der Waals surface area contributed by atoms with E-state index in [4.69, 9.17) is 10.5 Å². The Balaban J connectivity index is 2.14. The summed E-state index contributed by atoms with van der Waals surface area (Å²) in [5.74, 6) is 0.321. The molecule has 5 heteroatoms. The molecule has 0 aliphatic heterocycles. The maximum absolute atomic E-state index is 11.8. The fraction of sp³-hybridized carbons (Fsp3) is 0.263. The van der Waals surface area contributed by atoms with Crippen LogP contribution in [-0.2, 0) is 12.5 Å². The van der Waals surface area contributed by atoms with E-state index in [0.29, 0.717) is 5.75 Å². The van der Waals surface area contributed by atoms with E-state index in [0.717, 1.165) is 16.6 Å². The molecule has 0 saturated carbocycles. The average molecular weight is 323 g/mol. The maximum atomic E-state index is 11.8. The van der Waals surface area contributed by atoms with Gasteiger partial charge in [0.25, 0.3) is 5.91 Å². The molecule has 3 aromatic rings. The van der Waals surface area contributed by atoms with E-state index in [9.17, 15) is 4.79 Å². The minimum atomic E-state index is -0.558. The first-order valence-electron chi connectivity index (χ1n) is 7.80. The van der Waals surface area contributed by atoms with Gasteiger partial charge in [-0.1, -0.05) is 32.9 Å². The predicted octanol–water partition coefficient (Wildman–Crippen LogP) is 3.76. The van der Waals surface area contributed by atoms with E-state index in [2.05, 4.69) is 25.8 Å². The van der Waals surface area contributed by atoms with Crippen molar-refractivity contribution in [1.29, 1.82) is 0 Å². The lowest BCUT2D eigenvalue weighted by atomic mass is 9.91. The number of hydrogen-bond acceptors (Lipinski definition) is 3. The van der Waals surface area contributed by atoms with Crippen LogP contribution < -0.4 is 10.5 Å². The Labute approximate surface area is 141 Å². The number of amides is 1. The highest BCUT2D eigenvalue weighted by Gasteiger charge is 2.21. The monoisotopic (exact) mass is 323 g/mol. The van der Waals surface area contributed by atoms with Gasteiger partial charge in [0.2, 0.25) is 5.88 Å². The molecule has 2 heterocycles. The second-order valence-corrected chi connectivity index (χ2v) is 6.89. The van der Waals surface area contributed by atoms with Crippen LogP contribution in [0.1, 0.15) is 36.8 Å². The number of pyridine rings is 1. The van der Waals surface area contributed by atoms with Crippen molar-refractivity contribution < 1.29 is 9.53 Å². The summed E-state index contributed by atoms with van der Waals surface area (Å²) in [6.07, 6.45) is 1.96. The quantitative estimate of drug-likeness (QED) is 0.798. The number of primary amides is 1. The van der Waals surface area contributed by atoms with Crippen LogP contribution >= 0.6 is 0 Å². The van der Waals surface area contributed by atoms with Gasteiger partial charge in [-0.05, 0) is 24.3 Å². The molecule has 0 spiro atoms. The number of fused-ring (bicyclic) bond motifs is 1. The maximum Gasteiger partial charge on any atom is 0.254 e. The molecule has 0 unspecified atom stereocenters. The fourth-order valence-electron chi connectivity index (χ4n) is 2.63. The minimum Gasteiger partial charge on any atom is -0.436 e. The normalized spacial score (nSPS) is 11.7. The second-order valence-electron chi connectivity index (χ2n) is 6.89. The molecule has 1 amide bonds. The molecule has 0 saturated heterocycles. The molecule has 24 heavy (non-hydrogen) atoms. The van der Waals surface area contributed by atoms with Crippen LogP contribution in [0.15, 0.2) is 42.6 Å². The summed E-state index contributed by atoms with van der Waals surface area (Å²) < 4.78 is 8.00. The van der Waals surface area contributed by atoms with Crippen molar-refractivity contribution in [2.75, 3.05) is 0 Å². The summed E-state index contributed by atoms with van der Waals surface area (Å²) in [6.45, 7) is 6.17. The highest BCUT2D eigenvalue weighted by Crippen LogP contribution is 2.32. The molecule has 0 aliphatic rings. The topological polar surface area (TPSA) is 70.1 Å². The molecule has 2 aromatic heterocycles. The van der Waals surface area contributed by atoms with Crippen LogP contribution in [0.3, 0.4) is 0 Å². The van der Waals surface area contributed by atoms with Gasteiger partial charge in [0, 0.05) is 29.7 Å². The van der Waals surface area contributed by atoms with Crippen molar-refractivity contribution in [3.05, 3.63) is 53.9 Å². The van der Waals surface area contributed by atoms with Gasteiger partial charge in [-0.25, -0.2) is 4.98 Å². The number of rotatable bonds is 3. The van der Waals surface area contributed by atoms with Crippen molar-refractivity contribution in [2.45, 2.75) is 26.2 Å². The number of carbonyl (C=O) groups excluding carboxylic acids is 1. The SMILES string of the molecule is Cn1ccc2cccc(Oc3nc(C(C)(C)C)ccc3C(N)=O)c21. The van der Waals surface area contributed by atoms with Crippen LogP contribution in [0.4, 0.5) is 0 Å². The van der Waals surface area contributed by atoms with Crippen LogP contribution in [0.2, 0.25) is 0 Å². The van der Waals surface area contributed by atoms with E-state index in [-0.39, 0.29) is 16.9 Å². The van der Waals surface area contributed by atoms with E-state index in [1.807, 2.05) is 48.1 Å². The third-order valence-electron chi connectivity index (χ3n) is 3.96. The number of benzene rings is 1. The van der Waals surface area contributed by atoms with E-state index < -0.39 is 5.91 Å². The molecule has 5 nitrogen and oxygen atoms in total. The average Bonchev–Trinajstić information content (AvgIpc) is 2.88. The van der Waals surface area contributed by atoms with Crippen molar-refractivity contribution in [2.24, 2.45) is 12.8 Å². The number of carbonyl (C=O) groups is 1. The third kappa shape index (κ3) is 2.85. The Hall–Kier alpha value is -2.82. The number of aryl methyl sites for hydroxylation is 1. The summed E-state index contributed by atoms with van der Waals surface area (Å²) in [5.41, 5.74) is 7.37. The Bertz CT molecular complexity index is 920. The molecule has 2 N–H and O–H groups in total. The van der Waals surface area contributed by atoms with Crippen molar-refractivity contribution >= 4 is 16.8 Å². The molecule has 0 aliphatic carbocycles. The summed E-state index contributed by atoms with van der Waals surface area (Å²) >= 11 is 0. The van der Waals surface area contributed by atoms with Crippen LogP contribution in [0.5, 0.6) is 11.6 Å². The Morgan fingerprint density at radius 3 is 2.58 bits per heavy atom. The minimum absolute atomic E-state index is 0.161. The van der Waals surface area contributed by atoms with Crippen LogP contribution in [0.25, 0.3) is 10.9 Å². The van der Waals surface area contributed by atoms with E-state index in [1.54, 1.807) is 6.07 Å². The highest BCUT2D eigenvalue weighted by atomic mass is 16.5. The van der Waals surface area contributed by atoms with Gasteiger partial charge in [-0.3, -0.25) is 4.79 Å². The van der Waals surface area contributed by atoms with Crippen LogP contribution in [0, 0.1) is 0 Å². The third-order valence-corrected chi connectivity index (χ3v) is 3.96. The zero-order valence-electron chi connectivity index (χ0n) is 14.3. The van der Waals surface area contributed by atoms with Crippen molar-refractivity contribution in [1.82, 2.24) is 9.55 Å². The lowest BCUT2D eigenvalue weighted by Crippen LogP contribution is -2.18. The number of aromatic nitrogens is 2. The van der Waals surface area contributed by atoms with E-state index >= 15 is 0 Å². The van der Waals surface area contributed by atoms with Gasteiger partial charge in [-0.2, -0.15) is 0 Å². The molecule has 0 fully saturated rings. The van der Waals surface area contributed by atoms with E-state index in [1.165, 1.54) is 0 Å². The van der Waals surface area contributed by atoms with Crippen molar-refractivity contribution in [3.8, 4) is 11.6 Å². The Kier molecular flexibility index (Phi) is 3.79. The first kappa shape index (κ1) is 16.1. The summed E-state index contributed by atoms with van der Waals surface area (Å²) in [5, 5.41) is 1.06. The number of nitrogens with two attached hydrogens (primary N) is 1. The standard InChI is InChI=1S/C19H21N3O2/c1-19(2,3)15-9-8-13(17(20)23)18(21-15)24-14-7-5-6-12-10-11-22(4)16(12)14/h5-11H,1-4H3,(H2,20,23). The zero-order valence-corrected chi connectivity index (χ0v) is 14.3. The van der Waals surface area contributed by atoms with Gasteiger partial charge in [-0.15, -0.1) is 0 Å². The number of nitrogens with zero attached hydrogens (tertiary/aromatic N) is 2. The van der Waals surface area contributed by atoms with Crippen molar-refractivity contribution in [3.63, 3.8) is 0 Å². The molecule has 3 rings (SSSR count). The second kappa shape index (κ2) is 5.67. The molecule has 1 aromatic carbocycles. The summed E-state index contributed by atoms with van der Waals surface area (Å²) in [4.78, 5) is 16.3. The van der Waals surface area contributed by atoms with Gasteiger partial charge < -0.3 is 15.0 Å².